The monoisotopic (exact) mass is 461 g/mol. The van der Waals surface area contributed by atoms with Gasteiger partial charge in [-0.15, -0.1) is 0 Å². The molecular formula is C29H24BNO4. The predicted octanol–water partition coefficient (Wildman–Crippen LogP) is 6.85. The molecule has 0 saturated carbocycles. The minimum atomic E-state index is -0.413. The zero-order chi connectivity index (χ0) is 23.9. The number of pyridine rings is 1. The molecule has 6 aromatic rings. The van der Waals surface area contributed by atoms with Crippen LogP contribution in [0.15, 0.2) is 81.6 Å². The number of hydrogen-bond donors (Lipinski definition) is 0. The van der Waals surface area contributed by atoms with Crippen molar-refractivity contribution in [2.75, 3.05) is 0 Å². The minimum Gasteiger partial charge on any atom is -0.454 e. The molecule has 0 amide bonds. The Morgan fingerprint density at radius 2 is 1.11 bits per heavy atom. The van der Waals surface area contributed by atoms with Crippen LogP contribution in [-0.4, -0.2) is 23.3 Å². The van der Waals surface area contributed by atoms with Crippen LogP contribution in [0.25, 0.3) is 55.3 Å². The highest BCUT2D eigenvalue weighted by Gasteiger charge is 2.51. The van der Waals surface area contributed by atoms with Crippen molar-refractivity contribution in [2.45, 2.75) is 38.9 Å². The highest BCUT2D eigenvalue weighted by atomic mass is 16.7. The summed E-state index contributed by atoms with van der Waals surface area (Å²) in [7, 11) is -0.413. The van der Waals surface area contributed by atoms with Gasteiger partial charge in [-0.25, -0.2) is 4.98 Å². The summed E-state index contributed by atoms with van der Waals surface area (Å²) in [6.45, 7) is 8.26. The zero-order valence-corrected chi connectivity index (χ0v) is 20.1. The first-order chi connectivity index (χ1) is 16.8. The fourth-order valence-electron chi connectivity index (χ4n) is 4.89. The van der Waals surface area contributed by atoms with Gasteiger partial charge in [0.2, 0.25) is 0 Å². The van der Waals surface area contributed by atoms with Gasteiger partial charge in [0, 0.05) is 10.8 Å². The number of fused-ring (bicyclic) bond motifs is 6. The summed E-state index contributed by atoms with van der Waals surface area (Å²) in [6, 6.07) is 24.3. The van der Waals surface area contributed by atoms with Crippen molar-refractivity contribution in [1.29, 1.82) is 0 Å². The fraction of sp³-hybridized carbons (Fsp3) is 0.207. The maximum absolute atomic E-state index is 6.35. The van der Waals surface area contributed by atoms with E-state index in [9.17, 15) is 0 Å². The lowest BCUT2D eigenvalue weighted by molar-refractivity contribution is 0.00578. The molecule has 5 nitrogen and oxygen atoms in total. The van der Waals surface area contributed by atoms with Gasteiger partial charge >= 0.3 is 7.12 Å². The number of rotatable bonds is 2. The summed E-state index contributed by atoms with van der Waals surface area (Å²) in [5, 5.41) is 1.98. The molecule has 4 heterocycles. The molecule has 3 aromatic carbocycles. The van der Waals surface area contributed by atoms with E-state index in [0.717, 1.165) is 60.7 Å². The molecular weight excluding hydrogens is 437 g/mol. The van der Waals surface area contributed by atoms with Crippen LogP contribution in [0.3, 0.4) is 0 Å². The predicted molar refractivity (Wildman–Crippen MR) is 140 cm³/mol. The smallest absolute Gasteiger partial charge is 0.454 e. The van der Waals surface area contributed by atoms with E-state index in [2.05, 4.69) is 52.0 Å². The number of hydrogen-bond acceptors (Lipinski definition) is 5. The molecule has 0 radical (unpaired) electrons. The molecule has 35 heavy (non-hydrogen) atoms. The van der Waals surface area contributed by atoms with Crippen LogP contribution >= 0.6 is 0 Å². The normalized spacial score (nSPS) is 17.3. The highest BCUT2D eigenvalue weighted by molar-refractivity contribution is 6.62. The Bertz CT molecular complexity index is 1660. The van der Waals surface area contributed by atoms with E-state index in [-0.39, 0.29) is 11.2 Å². The van der Waals surface area contributed by atoms with Gasteiger partial charge in [-0.2, -0.15) is 0 Å². The highest BCUT2D eigenvalue weighted by Crippen LogP contribution is 2.42. The second kappa shape index (κ2) is 6.97. The topological polar surface area (TPSA) is 57.6 Å². The largest absolute Gasteiger partial charge is 0.494 e. The Morgan fingerprint density at radius 1 is 0.629 bits per heavy atom. The van der Waals surface area contributed by atoms with Gasteiger partial charge in [0.15, 0.2) is 11.2 Å². The summed E-state index contributed by atoms with van der Waals surface area (Å²) >= 11 is 0. The first-order valence-electron chi connectivity index (χ1n) is 11.9. The standard InChI is InChI=1S/C29H24BNO4/c1-28(2)29(3,4)35-30(34-28)18-15-13-17(14-16-18)23-26-24(19-9-5-7-11-21(19)32-26)31-25-20-10-6-8-12-22(20)33-27(23)25/h5-16H,1-4H3. The van der Waals surface area contributed by atoms with Crippen LogP contribution < -0.4 is 5.46 Å². The second-order valence-electron chi connectivity index (χ2n) is 10.2. The molecule has 0 unspecified atom stereocenters. The third-order valence-corrected chi connectivity index (χ3v) is 7.54. The molecule has 1 aliphatic rings. The third-order valence-electron chi connectivity index (χ3n) is 7.54. The molecule has 1 aliphatic heterocycles. The molecule has 1 fully saturated rings. The average molecular weight is 461 g/mol. The van der Waals surface area contributed by atoms with Gasteiger partial charge in [-0.05, 0) is 63.0 Å². The molecule has 0 aliphatic carbocycles. The number of nitrogens with zero attached hydrogens (tertiary/aromatic N) is 1. The van der Waals surface area contributed by atoms with E-state index in [1.54, 1.807) is 0 Å². The number of furan rings is 2. The van der Waals surface area contributed by atoms with Crippen molar-refractivity contribution in [3.63, 3.8) is 0 Å². The second-order valence-corrected chi connectivity index (χ2v) is 10.2. The summed E-state index contributed by atoms with van der Waals surface area (Å²) in [5.41, 5.74) is 6.83. The molecule has 6 heteroatoms. The maximum Gasteiger partial charge on any atom is 0.494 e. The van der Waals surface area contributed by atoms with E-state index in [0.29, 0.717) is 0 Å². The van der Waals surface area contributed by atoms with Crippen LogP contribution in [-0.2, 0) is 9.31 Å². The van der Waals surface area contributed by atoms with Gasteiger partial charge in [0.05, 0.1) is 16.8 Å². The number of aromatic nitrogens is 1. The first-order valence-corrected chi connectivity index (χ1v) is 11.9. The van der Waals surface area contributed by atoms with E-state index < -0.39 is 7.12 Å². The Balaban J connectivity index is 1.45. The Hall–Kier alpha value is -3.61. The van der Waals surface area contributed by atoms with Crippen molar-refractivity contribution in [3.05, 3.63) is 72.8 Å². The van der Waals surface area contributed by atoms with Crippen molar-refractivity contribution in [3.8, 4) is 11.1 Å². The van der Waals surface area contributed by atoms with Gasteiger partial charge in [-0.1, -0.05) is 48.5 Å². The Labute approximate surface area is 202 Å². The zero-order valence-electron chi connectivity index (χ0n) is 20.1. The Kier molecular flexibility index (Phi) is 4.13. The van der Waals surface area contributed by atoms with Gasteiger partial charge in [0.25, 0.3) is 0 Å². The first kappa shape index (κ1) is 20.7. The minimum absolute atomic E-state index is 0.387. The van der Waals surface area contributed by atoms with Crippen LogP contribution in [0.1, 0.15) is 27.7 Å². The summed E-state index contributed by atoms with van der Waals surface area (Å²) in [6.07, 6.45) is 0. The molecule has 0 N–H and O–H groups in total. The molecule has 0 atom stereocenters. The molecule has 7 rings (SSSR count). The lowest BCUT2D eigenvalue weighted by Crippen LogP contribution is -2.41. The quantitative estimate of drug-likeness (QED) is 0.264. The third kappa shape index (κ3) is 2.93. The maximum atomic E-state index is 6.35. The molecule has 3 aromatic heterocycles. The molecule has 0 spiro atoms. The van der Waals surface area contributed by atoms with Crippen molar-refractivity contribution >= 4 is 56.7 Å². The van der Waals surface area contributed by atoms with Crippen LogP contribution in [0, 0.1) is 0 Å². The number of benzene rings is 3. The van der Waals surface area contributed by atoms with Gasteiger partial charge < -0.3 is 18.1 Å². The van der Waals surface area contributed by atoms with Crippen LogP contribution in [0.4, 0.5) is 0 Å². The van der Waals surface area contributed by atoms with Crippen LogP contribution in [0.2, 0.25) is 0 Å². The average Bonchev–Trinajstić information content (AvgIpc) is 3.46. The summed E-state index contributed by atoms with van der Waals surface area (Å²) in [5.74, 6) is 0. The van der Waals surface area contributed by atoms with Crippen LogP contribution in [0.5, 0.6) is 0 Å². The molecule has 172 valence electrons. The summed E-state index contributed by atoms with van der Waals surface area (Å²) < 4.78 is 25.2. The van der Waals surface area contributed by atoms with E-state index >= 15 is 0 Å². The molecule has 0 bridgehead atoms. The van der Waals surface area contributed by atoms with Gasteiger partial charge in [0.1, 0.15) is 22.2 Å². The fourth-order valence-corrected chi connectivity index (χ4v) is 4.89. The van der Waals surface area contributed by atoms with E-state index in [4.69, 9.17) is 23.1 Å². The van der Waals surface area contributed by atoms with Crippen molar-refractivity contribution in [2.24, 2.45) is 0 Å². The lowest BCUT2D eigenvalue weighted by Gasteiger charge is -2.32. The van der Waals surface area contributed by atoms with E-state index in [1.807, 2.05) is 48.5 Å². The van der Waals surface area contributed by atoms with E-state index in [1.165, 1.54) is 0 Å². The number of para-hydroxylation sites is 2. The SMILES string of the molecule is CC1(C)OB(c2ccc(-c3c4oc5ccccc5c4nc4c3oc3ccccc34)cc2)OC1(C)C. The lowest BCUT2D eigenvalue weighted by atomic mass is 9.78. The van der Waals surface area contributed by atoms with Crippen molar-refractivity contribution in [1.82, 2.24) is 4.98 Å². The molecule has 1 saturated heterocycles. The van der Waals surface area contributed by atoms with Gasteiger partial charge in [-0.3, -0.25) is 0 Å². The Morgan fingerprint density at radius 3 is 1.63 bits per heavy atom. The summed E-state index contributed by atoms with van der Waals surface area (Å²) in [4.78, 5) is 5.03. The van der Waals surface area contributed by atoms with Crippen molar-refractivity contribution < 1.29 is 18.1 Å².